The lowest BCUT2D eigenvalue weighted by atomic mass is 9.85. The lowest BCUT2D eigenvalue weighted by Crippen LogP contribution is -2.33. The Morgan fingerprint density at radius 1 is 1.25 bits per heavy atom. The minimum Gasteiger partial charge on any atom is -0.356 e. The van der Waals surface area contributed by atoms with Crippen molar-refractivity contribution in [3.8, 4) is 0 Å². The van der Waals surface area contributed by atoms with E-state index in [-0.39, 0.29) is 11.8 Å². The molecular weight excluding hydrogens is 314 g/mol. The van der Waals surface area contributed by atoms with Crippen LogP contribution >= 0.6 is 15.9 Å². The summed E-state index contributed by atoms with van der Waals surface area (Å²) in [5, 5.41) is 3.09. The summed E-state index contributed by atoms with van der Waals surface area (Å²) in [4.78, 5) is 13.0. The zero-order valence-electron chi connectivity index (χ0n) is 12.7. The number of hydrogen-bond donors (Lipinski definition) is 1. The van der Waals surface area contributed by atoms with E-state index in [1.165, 1.54) is 0 Å². The molecule has 1 aromatic carbocycles. The molecule has 0 radical (unpaired) electrons. The Morgan fingerprint density at radius 3 is 2.45 bits per heavy atom. The van der Waals surface area contributed by atoms with Crippen molar-refractivity contribution in [3.05, 3.63) is 35.9 Å². The maximum Gasteiger partial charge on any atom is 0.227 e. The van der Waals surface area contributed by atoms with E-state index in [0.717, 1.165) is 31.4 Å². The van der Waals surface area contributed by atoms with E-state index in [2.05, 4.69) is 54.2 Å². The molecule has 0 aliphatic rings. The molecule has 0 aliphatic heterocycles. The summed E-state index contributed by atoms with van der Waals surface area (Å²) in [7, 11) is 0. The second kappa shape index (κ2) is 9.17. The van der Waals surface area contributed by atoms with Crippen molar-refractivity contribution in [2.24, 2.45) is 5.92 Å². The topological polar surface area (TPSA) is 29.1 Å². The van der Waals surface area contributed by atoms with Crippen LogP contribution in [0.5, 0.6) is 0 Å². The lowest BCUT2D eigenvalue weighted by Gasteiger charge is -2.22. The molecular formula is C17H26BrNO. The molecule has 0 aliphatic carbocycles. The van der Waals surface area contributed by atoms with E-state index in [0.29, 0.717) is 10.7 Å². The number of hydrogen-bond acceptors (Lipinski definition) is 1. The normalized spacial score (nSPS) is 15.4. The van der Waals surface area contributed by atoms with Gasteiger partial charge in [0.1, 0.15) is 0 Å². The zero-order chi connectivity index (χ0) is 15.0. The van der Waals surface area contributed by atoms with E-state index < -0.39 is 0 Å². The van der Waals surface area contributed by atoms with Crippen LogP contribution in [0, 0.1) is 5.92 Å². The second-order valence-electron chi connectivity index (χ2n) is 5.49. The Labute approximate surface area is 131 Å². The number of nitrogens with one attached hydrogen (secondary N) is 1. The van der Waals surface area contributed by atoms with Gasteiger partial charge >= 0.3 is 0 Å². The van der Waals surface area contributed by atoms with Crippen LogP contribution in [0.2, 0.25) is 0 Å². The molecule has 3 unspecified atom stereocenters. The smallest absolute Gasteiger partial charge is 0.227 e. The molecule has 3 atom stereocenters. The highest BCUT2D eigenvalue weighted by Crippen LogP contribution is 2.27. The van der Waals surface area contributed by atoms with Gasteiger partial charge in [0.2, 0.25) is 5.91 Å². The fraction of sp³-hybridized carbons (Fsp3) is 0.588. The van der Waals surface area contributed by atoms with Gasteiger partial charge in [-0.3, -0.25) is 4.79 Å². The van der Waals surface area contributed by atoms with Gasteiger partial charge in [0.15, 0.2) is 0 Å². The highest BCUT2D eigenvalue weighted by molar-refractivity contribution is 9.09. The maximum absolute atomic E-state index is 12.5. The highest BCUT2D eigenvalue weighted by Gasteiger charge is 2.25. The number of rotatable bonds is 8. The Bertz CT molecular complexity index is 391. The standard InChI is InChI=1S/C17H26BrNO/c1-4-13(2)16(15-10-6-5-7-11-15)17(20)19-12-8-9-14(3)18/h5-7,10-11,13-14,16H,4,8-9,12H2,1-3H3,(H,19,20). The number of carbonyl (C=O) groups is 1. The number of halogens is 1. The fourth-order valence-corrected chi connectivity index (χ4v) is 2.66. The average Bonchev–Trinajstić information content (AvgIpc) is 2.44. The average molecular weight is 340 g/mol. The third-order valence-electron chi connectivity index (χ3n) is 3.73. The highest BCUT2D eigenvalue weighted by atomic mass is 79.9. The molecule has 0 saturated heterocycles. The van der Waals surface area contributed by atoms with Crippen LogP contribution in [-0.2, 0) is 4.79 Å². The second-order valence-corrected chi connectivity index (χ2v) is 7.05. The molecule has 0 fully saturated rings. The van der Waals surface area contributed by atoms with Crippen molar-refractivity contribution in [2.45, 2.75) is 50.8 Å². The molecule has 1 N–H and O–H groups in total. The molecule has 1 rings (SSSR count). The van der Waals surface area contributed by atoms with Crippen LogP contribution in [-0.4, -0.2) is 17.3 Å². The van der Waals surface area contributed by atoms with Crippen LogP contribution in [0.15, 0.2) is 30.3 Å². The van der Waals surface area contributed by atoms with E-state index >= 15 is 0 Å². The molecule has 0 spiro atoms. The summed E-state index contributed by atoms with van der Waals surface area (Å²) in [5.41, 5.74) is 1.12. The van der Waals surface area contributed by atoms with Gasteiger partial charge in [0.25, 0.3) is 0 Å². The van der Waals surface area contributed by atoms with E-state index in [1.54, 1.807) is 0 Å². The molecule has 3 heteroatoms. The minimum absolute atomic E-state index is 0.0393. The number of benzene rings is 1. The Morgan fingerprint density at radius 2 is 1.90 bits per heavy atom. The molecule has 112 valence electrons. The van der Waals surface area contributed by atoms with Crippen molar-refractivity contribution in [1.82, 2.24) is 5.32 Å². The Balaban J connectivity index is 2.62. The first kappa shape index (κ1) is 17.2. The Kier molecular flexibility index (Phi) is 7.90. The van der Waals surface area contributed by atoms with Crippen LogP contribution in [0.4, 0.5) is 0 Å². The summed E-state index contributed by atoms with van der Waals surface area (Å²) in [6, 6.07) is 10.1. The minimum atomic E-state index is -0.0393. The van der Waals surface area contributed by atoms with Crippen LogP contribution < -0.4 is 5.32 Å². The summed E-state index contributed by atoms with van der Waals surface area (Å²) in [6.45, 7) is 7.18. The van der Waals surface area contributed by atoms with E-state index in [9.17, 15) is 4.79 Å². The molecule has 20 heavy (non-hydrogen) atoms. The first-order chi connectivity index (χ1) is 9.56. The molecule has 2 nitrogen and oxygen atoms in total. The molecule has 0 aromatic heterocycles. The van der Waals surface area contributed by atoms with Gasteiger partial charge in [-0.1, -0.05) is 73.5 Å². The quantitative estimate of drug-likeness (QED) is 0.548. The predicted octanol–water partition coefficient (Wildman–Crippen LogP) is 4.50. The Hall–Kier alpha value is -0.830. The van der Waals surface area contributed by atoms with Gasteiger partial charge in [-0.05, 0) is 24.3 Å². The molecule has 1 amide bonds. The zero-order valence-corrected chi connectivity index (χ0v) is 14.3. The van der Waals surface area contributed by atoms with E-state index in [4.69, 9.17) is 0 Å². The summed E-state index contributed by atoms with van der Waals surface area (Å²) in [5.74, 6) is 0.475. The van der Waals surface area contributed by atoms with Crippen molar-refractivity contribution >= 4 is 21.8 Å². The number of alkyl halides is 1. The predicted molar refractivity (Wildman–Crippen MR) is 89.3 cm³/mol. The summed E-state index contributed by atoms with van der Waals surface area (Å²) >= 11 is 3.53. The van der Waals surface area contributed by atoms with Crippen LogP contribution in [0.3, 0.4) is 0 Å². The van der Waals surface area contributed by atoms with Gasteiger partial charge in [-0.2, -0.15) is 0 Å². The van der Waals surface area contributed by atoms with Gasteiger partial charge in [0.05, 0.1) is 5.92 Å². The van der Waals surface area contributed by atoms with Gasteiger partial charge < -0.3 is 5.32 Å². The number of carbonyl (C=O) groups excluding carboxylic acids is 1. The van der Waals surface area contributed by atoms with Gasteiger partial charge in [0, 0.05) is 11.4 Å². The van der Waals surface area contributed by atoms with Crippen molar-refractivity contribution in [3.63, 3.8) is 0 Å². The third-order valence-corrected chi connectivity index (χ3v) is 4.19. The fourth-order valence-electron chi connectivity index (χ4n) is 2.34. The summed E-state index contributed by atoms with van der Waals surface area (Å²) < 4.78 is 0. The lowest BCUT2D eigenvalue weighted by molar-refractivity contribution is -0.123. The maximum atomic E-state index is 12.5. The molecule has 0 bridgehead atoms. The summed E-state index contributed by atoms with van der Waals surface area (Å²) in [6.07, 6.45) is 3.10. The van der Waals surface area contributed by atoms with Gasteiger partial charge in [-0.15, -0.1) is 0 Å². The SMILES string of the molecule is CCC(C)C(C(=O)NCCCC(C)Br)c1ccccc1. The molecule has 0 saturated carbocycles. The monoisotopic (exact) mass is 339 g/mol. The van der Waals surface area contributed by atoms with Gasteiger partial charge in [-0.25, -0.2) is 0 Å². The molecule has 1 aromatic rings. The van der Waals surface area contributed by atoms with Crippen molar-refractivity contribution < 1.29 is 4.79 Å². The van der Waals surface area contributed by atoms with Crippen LogP contribution in [0.1, 0.15) is 51.5 Å². The molecule has 0 heterocycles. The number of amides is 1. The first-order valence-electron chi connectivity index (χ1n) is 7.53. The van der Waals surface area contributed by atoms with Crippen molar-refractivity contribution in [1.29, 1.82) is 0 Å². The third kappa shape index (κ3) is 5.66. The largest absolute Gasteiger partial charge is 0.356 e. The van der Waals surface area contributed by atoms with E-state index in [1.807, 2.05) is 18.2 Å². The van der Waals surface area contributed by atoms with Crippen molar-refractivity contribution in [2.75, 3.05) is 6.54 Å². The first-order valence-corrected chi connectivity index (χ1v) is 8.44. The van der Waals surface area contributed by atoms with Crippen LogP contribution in [0.25, 0.3) is 0 Å².